The molecule has 0 aliphatic heterocycles. The number of hydrogen-bond acceptors (Lipinski definition) is 9. The molecule has 0 saturated carbocycles. The summed E-state index contributed by atoms with van der Waals surface area (Å²) in [4.78, 5) is 98.9. The maximum Gasteiger partial charge on any atom is 0.306 e. The highest BCUT2D eigenvalue weighted by molar-refractivity contribution is 6.06. The van der Waals surface area contributed by atoms with E-state index in [1.165, 1.54) is 6.92 Å². The number of amides is 5. The Hall–Kier alpha value is -5.09. The lowest BCUT2D eigenvalue weighted by atomic mass is 9.95. The van der Waals surface area contributed by atoms with Crippen LogP contribution >= 0.6 is 0 Å². The summed E-state index contributed by atoms with van der Waals surface area (Å²) in [6, 6.07) is -1.49. The van der Waals surface area contributed by atoms with Gasteiger partial charge in [0.25, 0.3) is 11.6 Å². The van der Waals surface area contributed by atoms with Crippen molar-refractivity contribution in [1.29, 1.82) is 0 Å². The normalized spacial score (nSPS) is 14.2. The highest BCUT2D eigenvalue weighted by atomic mass is 16.6. The second kappa shape index (κ2) is 17.3. The first-order chi connectivity index (χ1) is 20.9. The van der Waals surface area contributed by atoms with Gasteiger partial charge in [-0.1, -0.05) is 34.1 Å². The minimum Gasteiger partial charge on any atom is -0.481 e. The number of nitrogens with one attached hydrogen (secondary N) is 3. The van der Waals surface area contributed by atoms with Crippen molar-refractivity contribution < 1.29 is 48.7 Å². The van der Waals surface area contributed by atoms with Gasteiger partial charge in [0.1, 0.15) is 24.2 Å². The summed E-state index contributed by atoms with van der Waals surface area (Å²) in [5, 5.41) is 37.2. The zero-order valence-corrected chi connectivity index (χ0v) is 25.6. The van der Waals surface area contributed by atoms with Gasteiger partial charge in [0.05, 0.1) is 11.3 Å². The van der Waals surface area contributed by atoms with E-state index in [0.717, 1.165) is 29.2 Å². The molecule has 0 bridgehead atoms. The zero-order valence-electron chi connectivity index (χ0n) is 25.6. The third kappa shape index (κ3) is 11.5. The summed E-state index contributed by atoms with van der Waals surface area (Å²) in [5.74, 6) is -8.30. The molecule has 0 aromatic heterocycles. The van der Waals surface area contributed by atoms with Crippen LogP contribution in [0.5, 0.6) is 0 Å². The molecule has 45 heavy (non-hydrogen) atoms. The van der Waals surface area contributed by atoms with Crippen LogP contribution in [-0.2, 0) is 33.6 Å². The van der Waals surface area contributed by atoms with E-state index in [-0.39, 0.29) is 17.8 Å². The molecule has 7 N–H and O–H groups in total. The molecule has 0 fully saturated rings. The van der Waals surface area contributed by atoms with Crippen LogP contribution in [-0.4, -0.2) is 80.8 Å². The third-order valence-corrected chi connectivity index (χ3v) is 6.95. The fourth-order valence-corrected chi connectivity index (χ4v) is 4.32. The van der Waals surface area contributed by atoms with E-state index in [4.69, 9.17) is 5.73 Å². The van der Waals surface area contributed by atoms with Crippen LogP contribution in [0.15, 0.2) is 24.3 Å². The quantitative estimate of drug-likeness (QED) is 0.0942. The Bertz CT molecular complexity index is 1280. The van der Waals surface area contributed by atoms with Crippen molar-refractivity contribution in [2.45, 2.75) is 84.5 Å². The van der Waals surface area contributed by atoms with Gasteiger partial charge in [0.2, 0.25) is 23.6 Å². The van der Waals surface area contributed by atoms with Crippen molar-refractivity contribution >= 4 is 52.8 Å². The minimum atomic E-state index is -1.77. The first-order valence-corrected chi connectivity index (χ1v) is 14.1. The first kappa shape index (κ1) is 37.9. The number of carbonyl (C=O) groups excluding carboxylic acids is 5. The smallest absolute Gasteiger partial charge is 0.306 e. The zero-order chi connectivity index (χ0) is 34.6. The van der Waals surface area contributed by atoms with Crippen LogP contribution in [0.2, 0.25) is 0 Å². The molecule has 0 heterocycles. The number of nitro groups is 1. The van der Waals surface area contributed by atoms with E-state index < -0.39 is 102 Å². The van der Waals surface area contributed by atoms with Gasteiger partial charge in [0.15, 0.2) is 0 Å². The molecule has 0 spiro atoms. The molecule has 5 atom stereocenters. The van der Waals surface area contributed by atoms with Crippen LogP contribution < -0.4 is 26.6 Å². The lowest BCUT2D eigenvalue weighted by Crippen LogP contribution is -2.61. The van der Waals surface area contributed by atoms with E-state index in [1.807, 2.05) is 0 Å². The number of hydrogen-bond donors (Lipinski definition) is 6. The Labute approximate surface area is 259 Å². The second-order valence-electron chi connectivity index (χ2n) is 10.8. The largest absolute Gasteiger partial charge is 0.481 e. The Morgan fingerprint density at radius 1 is 0.911 bits per heavy atom. The summed E-state index contributed by atoms with van der Waals surface area (Å²) in [6.07, 6.45) is -1.61. The number of nitrogens with two attached hydrogens (primary N) is 1. The summed E-state index contributed by atoms with van der Waals surface area (Å²) in [5.41, 5.74) is 5.00. The lowest BCUT2D eigenvalue weighted by molar-refractivity contribution is -0.384. The maximum absolute atomic E-state index is 14.1. The van der Waals surface area contributed by atoms with Crippen molar-refractivity contribution in [2.75, 3.05) is 4.90 Å². The Kier molecular flexibility index (Phi) is 14.6. The number of rotatable bonds is 18. The molecular formula is C28H40N6O11. The van der Waals surface area contributed by atoms with E-state index in [2.05, 4.69) is 16.0 Å². The van der Waals surface area contributed by atoms with E-state index in [9.17, 15) is 53.9 Å². The van der Waals surface area contributed by atoms with Gasteiger partial charge >= 0.3 is 11.9 Å². The Morgan fingerprint density at radius 2 is 1.49 bits per heavy atom. The summed E-state index contributed by atoms with van der Waals surface area (Å²) < 4.78 is 0. The number of carboxylic acids is 2. The fourth-order valence-electron chi connectivity index (χ4n) is 4.32. The number of aliphatic carboxylic acids is 2. The second-order valence-corrected chi connectivity index (χ2v) is 10.8. The SMILES string of the molecule is CC[C@H](C)[C@H](NC(=O)[C@H](CCC(=O)O)NC(=O)[C@@H](NC(C)=O)C(C)C)C(=O)N(c1ccc([N+](=O)[O-])cc1)[C@@H](CC(=O)O)C(N)=O. The van der Waals surface area contributed by atoms with Crippen molar-refractivity contribution in [3.63, 3.8) is 0 Å². The van der Waals surface area contributed by atoms with Crippen molar-refractivity contribution in [3.8, 4) is 0 Å². The molecule has 248 valence electrons. The Balaban J connectivity index is 3.60. The van der Waals surface area contributed by atoms with Crippen molar-refractivity contribution in [2.24, 2.45) is 17.6 Å². The topological polar surface area (TPSA) is 268 Å². The van der Waals surface area contributed by atoms with Gasteiger partial charge in [-0.2, -0.15) is 0 Å². The fraction of sp³-hybridized carbons (Fsp3) is 0.536. The van der Waals surface area contributed by atoms with Gasteiger partial charge in [-0.3, -0.25) is 48.6 Å². The predicted octanol–water partition coefficient (Wildman–Crippen LogP) is 0.298. The molecular weight excluding hydrogens is 596 g/mol. The predicted molar refractivity (Wildman–Crippen MR) is 158 cm³/mol. The van der Waals surface area contributed by atoms with Gasteiger partial charge in [0, 0.05) is 31.2 Å². The number of nitro benzene ring substituents is 1. The summed E-state index contributed by atoms with van der Waals surface area (Å²) >= 11 is 0. The number of nitrogens with zero attached hydrogens (tertiary/aromatic N) is 2. The molecule has 0 unspecified atom stereocenters. The average Bonchev–Trinajstić information content (AvgIpc) is 2.95. The summed E-state index contributed by atoms with van der Waals surface area (Å²) in [7, 11) is 0. The average molecular weight is 637 g/mol. The van der Waals surface area contributed by atoms with E-state index in [0.29, 0.717) is 0 Å². The van der Waals surface area contributed by atoms with Crippen molar-refractivity contribution in [1.82, 2.24) is 16.0 Å². The number of primary amides is 1. The van der Waals surface area contributed by atoms with E-state index >= 15 is 0 Å². The van der Waals surface area contributed by atoms with Gasteiger partial charge < -0.3 is 31.9 Å². The molecule has 17 nitrogen and oxygen atoms in total. The van der Waals surface area contributed by atoms with Crippen LogP contribution in [0, 0.1) is 22.0 Å². The molecule has 0 saturated heterocycles. The third-order valence-electron chi connectivity index (χ3n) is 6.95. The van der Waals surface area contributed by atoms with Gasteiger partial charge in [-0.05, 0) is 30.4 Å². The maximum atomic E-state index is 14.1. The van der Waals surface area contributed by atoms with Crippen LogP contribution in [0.4, 0.5) is 11.4 Å². The van der Waals surface area contributed by atoms with Crippen LogP contribution in [0.3, 0.4) is 0 Å². The van der Waals surface area contributed by atoms with Crippen molar-refractivity contribution in [3.05, 3.63) is 34.4 Å². The molecule has 5 amide bonds. The number of non-ortho nitro benzene ring substituents is 1. The minimum absolute atomic E-state index is 0.121. The van der Waals surface area contributed by atoms with Gasteiger partial charge in [-0.25, -0.2) is 0 Å². The Morgan fingerprint density at radius 3 is 1.91 bits per heavy atom. The van der Waals surface area contributed by atoms with E-state index in [1.54, 1.807) is 27.7 Å². The monoisotopic (exact) mass is 636 g/mol. The molecule has 1 aromatic carbocycles. The highest BCUT2D eigenvalue weighted by Crippen LogP contribution is 2.25. The molecule has 1 rings (SSSR count). The van der Waals surface area contributed by atoms with Crippen LogP contribution in [0.25, 0.3) is 0 Å². The molecule has 0 aliphatic carbocycles. The first-order valence-electron chi connectivity index (χ1n) is 14.1. The highest BCUT2D eigenvalue weighted by Gasteiger charge is 2.39. The number of carboxylic acid groups (broad SMARTS) is 2. The number of benzene rings is 1. The number of carbonyl (C=O) groups is 7. The lowest BCUT2D eigenvalue weighted by Gasteiger charge is -2.35. The molecule has 0 aliphatic rings. The molecule has 1 aromatic rings. The standard InChI is InChI=1S/C28H40N6O11/c1-6-15(4)24(32-26(41)19(11-12-21(36)37)31-27(42)23(14(2)3)30-16(5)35)28(43)33(20(25(29)40)13-22(38)39)17-7-9-18(10-8-17)34(44)45/h7-10,14-15,19-20,23-24H,6,11-13H2,1-5H3,(H2,29,40)(H,30,35)(H,31,42)(H,32,41)(H,36,37)(H,38,39)/t15-,19-,20-,23-,24-/m0/s1. The molecule has 0 radical (unpaired) electrons. The summed E-state index contributed by atoms with van der Waals surface area (Å²) in [6.45, 7) is 7.73. The van der Waals surface area contributed by atoms with Crippen LogP contribution in [0.1, 0.15) is 60.3 Å². The number of anilines is 1. The molecule has 17 heteroatoms. The van der Waals surface area contributed by atoms with Gasteiger partial charge in [-0.15, -0.1) is 0 Å².